The van der Waals surface area contributed by atoms with Gasteiger partial charge in [-0.3, -0.25) is 9.78 Å². The molecule has 1 aromatic carbocycles. The Kier molecular flexibility index (Phi) is 5.85. The molecule has 0 unspecified atom stereocenters. The van der Waals surface area contributed by atoms with E-state index in [1.165, 1.54) is 15.9 Å². The molecule has 8 heteroatoms. The number of sulfonamides is 1. The van der Waals surface area contributed by atoms with Gasteiger partial charge in [-0.05, 0) is 33.6 Å². The van der Waals surface area contributed by atoms with Gasteiger partial charge in [0.1, 0.15) is 0 Å². The quantitative estimate of drug-likeness (QED) is 0.739. The van der Waals surface area contributed by atoms with Gasteiger partial charge < -0.3 is 4.90 Å². The van der Waals surface area contributed by atoms with E-state index in [1.807, 2.05) is 30.3 Å². The molecule has 0 aliphatic carbocycles. The maximum atomic E-state index is 12.5. The van der Waals surface area contributed by atoms with Crippen molar-refractivity contribution in [2.75, 3.05) is 26.2 Å². The molecular formula is C18H18BrN3O3S. The van der Waals surface area contributed by atoms with E-state index in [2.05, 4.69) is 20.9 Å². The van der Waals surface area contributed by atoms with Crippen molar-refractivity contribution in [3.63, 3.8) is 0 Å². The highest BCUT2D eigenvalue weighted by atomic mass is 79.9. The standard InChI is InChI=1S/C18H18BrN3O3S/c19-17-12-16(13-20-14-17)18(23)21-7-9-22(10-8-21)26(24,25)11-6-15-4-2-1-3-5-15/h1-6,11-14H,7-10H2/b11-6-. The predicted octanol–water partition coefficient (Wildman–Crippen LogP) is 2.60. The Morgan fingerprint density at radius 2 is 1.77 bits per heavy atom. The third kappa shape index (κ3) is 4.57. The zero-order valence-electron chi connectivity index (χ0n) is 14.0. The van der Waals surface area contributed by atoms with Crippen molar-refractivity contribution < 1.29 is 13.2 Å². The van der Waals surface area contributed by atoms with E-state index < -0.39 is 10.0 Å². The monoisotopic (exact) mass is 435 g/mol. The van der Waals surface area contributed by atoms with Crippen LogP contribution in [0.4, 0.5) is 0 Å². The second-order valence-electron chi connectivity index (χ2n) is 5.84. The van der Waals surface area contributed by atoms with Gasteiger partial charge in [0.15, 0.2) is 0 Å². The molecule has 6 nitrogen and oxygen atoms in total. The summed E-state index contributed by atoms with van der Waals surface area (Å²) in [5, 5.41) is 1.22. The number of aromatic nitrogens is 1. The molecule has 1 aromatic heterocycles. The van der Waals surface area contributed by atoms with Gasteiger partial charge in [-0.1, -0.05) is 30.3 Å². The number of carbonyl (C=O) groups is 1. The number of piperazine rings is 1. The summed E-state index contributed by atoms with van der Waals surface area (Å²) < 4.78 is 27.1. The lowest BCUT2D eigenvalue weighted by molar-refractivity contribution is 0.0698. The molecule has 0 spiro atoms. The molecule has 2 aromatic rings. The van der Waals surface area contributed by atoms with Crippen molar-refractivity contribution >= 4 is 37.9 Å². The summed E-state index contributed by atoms with van der Waals surface area (Å²) in [6, 6.07) is 11.0. The molecule has 1 aliphatic heterocycles. The first-order chi connectivity index (χ1) is 12.5. The van der Waals surface area contributed by atoms with Crippen LogP contribution in [0.15, 0.2) is 58.7 Å². The van der Waals surface area contributed by atoms with E-state index in [-0.39, 0.29) is 19.0 Å². The fraction of sp³-hybridized carbons (Fsp3) is 0.222. The van der Waals surface area contributed by atoms with Gasteiger partial charge in [0.25, 0.3) is 5.91 Å². The molecule has 0 atom stereocenters. The van der Waals surface area contributed by atoms with Crippen LogP contribution >= 0.6 is 15.9 Å². The Balaban J connectivity index is 1.62. The second kappa shape index (κ2) is 8.11. The van der Waals surface area contributed by atoms with E-state index >= 15 is 0 Å². The maximum Gasteiger partial charge on any atom is 0.255 e. The molecule has 3 rings (SSSR count). The predicted molar refractivity (Wildman–Crippen MR) is 104 cm³/mol. The maximum absolute atomic E-state index is 12.5. The Bertz CT molecular complexity index is 908. The molecule has 0 saturated carbocycles. The smallest absolute Gasteiger partial charge is 0.255 e. The normalized spacial score (nSPS) is 16.1. The topological polar surface area (TPSA) is 70.6 Å². The van der Waals surface area contributed by atoms with Crippen molar-refractivity contribution in [3.05, 3.63) is 69.8 Å². The molecule has 136 valence electrons. The van der Waals surface area contributed by atoms with Crippen LogP contribution in [0.1, 0.15) is 15.9 Å². The summed E-state index contributed by atoms with van der Waals surface area (Å²) in [5.74, 6) is -0.143. The van der Waals surface area contributed by atoms with E-state index in [1.54, 1.807) is 23.2 Å². The average Bonchev–Trinajstić information content (AvgIpc) is 2.67. The number of hydrogen-bond acceptors (Lipinski definition) is 4. The van der Waals surface area contributed by atoms with E-state index in [0.29, 0.717) is 18.7 Å². The molecular weight excluding hydrogens is 418 g/mol. The number of carbonyl (C=O) groups excluding carboxylic acids is 1. The molecule has 2 heterocycles. The summed E-state index contributed by atoms with van der Waals surface area (Å²) in [5.41, 5.74) is 1.31. The van der Waals surface area contributed by atoms with Crippen molar-refractivity contribution in [1.29, 1.82) is 0 Å². The molecule has 0 bridgehead atoms. The van der Waals surface area contributed by atoms with Crippen LogP contribution in [-0.4, -0.2) is 54.7 Å². The van der Waals surface area contributed by atoms with Crippen molar-refractivity contribution in [2.24, 2.45) is 0 Å². The molecule has 1 aliphatic rings. The number of rotatable bonds is 4. The van der Waals surface area contributed by atoms with Crippen molar-refractivity contribution in [3.8, 4) is 0 Å². The molecule has 1 amide bonds. The fourth-order valence-electron chi connectivity index (χ4n) is 2.67. The van der Waals surface area contributed by atoms with E-state index in [9.17, 15) is 13.2 Å². The molecule has 0 radical (unpaired) electrons. The van der Waals surface area contributed by atoms with E-state index in [4.69, 9.17) is 0 Å². The highest BCUT2D eigenvalue weighted by Crippen LogP contribution is 2.15. The lowest BCUT2D eigenvalue weighted by atomic mass is 10.2. The van der Waals surface area contributed by atoms with Crippen LogP contribution in [-0.2, 0) is 10.0 Å². The van der Waals surface area contributed by atoms with Gasteiger partial charge in [-0.15, -0.1) is 0 Å². The minimum Gasteiger partial charge on any atom is -0.336 e. The highest BCUT2D eigenvalue weighted by Gasteiger charge is 2.27. The Labute approximate surface area is 161 Å². The zero-order chi connectivity index (χ0) is 18.6. The minimum atomic E-state index is -3.51. The van der Waals surface area contributed by atoms with Gasteiger partial charge in [-0.25, -0.2) is 8.42 Å². The lowest BCUT2D eigenvalue weighted by Gasteiger charge is -2.33. The number of nitrogens with zero attached hydrogens (tertiary/aromatic N) is 3. The van der Waals surface area contributed by atoms with Crippen LogP contribution in [0.2, 0.25) is 0 Å². The SMILES string of the molecule is O=C(c1cncc(Br)c1)N1CCN(S(=O)(=O)/C=C\c2ccccc2)CC1. The lowest BCUT2D eigenvalue weighted by Crippen LogP contribution is -2.50. The minimum absolute atomic E-state index is 0.143. The van der Waals surface area contributed by atoms with Gasteiger partial charge >= 0.3 is 0 Å². The van der Waals surface area contributed by atoms with Gasteiger partial charge in [-0.2, -0.15) is 4.31 Å². The largest absolute Gasteiger partial charge is 0.336 e. The number of amides is 1. The fourth-order valence-corrected chi connectivity index (χ4v) is 4.21. The van der Waals surface area contributed by atoms with E-state index in [0.717, 1.165) is 10.0 Å². The van der Waals surface area contributed by atoms with Crippen LogP contribution in [0.3, 0.4) is 0 Å². The Morgan fingerprint density at radius 1 is 1.08 bits per heavy atom. The average molecular weight is 436 g/mol. The second-order valence-corrected chi connectivity index (χ2v) is 8.58. The van der Waals surface area contributed by atoms with Crippen LogP contribution < -0.4 is 0 Å². The summed E-state index contributed by atoms with van der Waals surface area (Å²) in [7, 11) is -3.51. The van der Waals surface area contributed by atoms with Crippen LogP contribution in [0, 0.1) is 0 Å². The Morgan fingerprint density at radius 3 is 2.42 bits per heavy atom. The summed E-state index contributed by atoms with van der Waals surface area (Å²) >= 11 is 3.30. The first-order valence-corrected chi connectivity index (χ1v) is 10.4. The molecule has 1 fully saturated rings. The number of pyridine rings is 1. The van der Waals surface area contributed by atoms with Crippen LogP contribution in [0.25, 0.3) is 6.08 Å². The first kappa shape index (κ1) is 18.8. The third-order valence-electron chi connectivity index (χ3n) is 4.07. The van der Waals surface area contributed by atoms with Gasteiger partial charge in [0, 0.05) is 48.5 Å². The Hall–Kier alpha value is -2.03. The summed E-state index contributed by atoms with van der Waals surface area (Å²) in [6.45, 7) is 1.25. The summed E-state index contributed by atoms with van der Waals surface area (Å²) in [6.07, 6.45) is 4.71. The summed E-state index contributed by atoms with van der Waals surface area (Å²) in [4.78, 5) is 18.1. The number of halogens is 1. The number of benzene rings is 1. The molecule has 1 saturated heterocycles. The zero-order valence-corrected chi connectivity index (χ0v) is 16.4. The van der Waals surface area contributed by atoms with Crippen molar-refractivity contribution in [2.45, 2.75) is 0 Å². The first-order valence-electron chi connectivity index (χ1n) is 8.09. The molecule has 26 heavy (non-hydrogen) atoms. The van der Waals surface area contributed by atoms with Gasteiger partial charge in [0.05, 0.1) is 5.56 Å². The highest BCUT2D eigenvalue weighted by molar-refractivity contribution is 9.10. The van der Waals surface area contributed by atoms with Crippen LogP contribution in [0.5, 0.6) is 0 Å². The third-order valence-corrected chi connectivity index (χ3v) is 6.07. The number of hydrogen-bond donors (Lipinski definition) is 0. The van der Waals surface area contributed by atoms with Crippen molar-refractivity contribution in [1.82, 2.24) is 14.2 Å². The molecule has 0 N–H and O–H groups in total. The van der Waals surface area contributed by atoms with Gasteiger partial charge in [0.2, 0.25) is 10.0 Å².